The van der Waals surface area contributed by atoms with Gasteiger partial charge in [-0.05, 0) is 25.6 Å². The molecule has 0 aromatic rings. The second-order valence-corrected chi connectivity index (χ2v) is 8.22. The van der Waals surface area contributed by atoms with Crippen molar-refractivity contribution in [2.24, 2.45) is 17.4 Å². The molecule has 1 aliphatic heterocycles. The number of nitrogens with zero attached hydrogens (tertiary/aromatic N) is 1. The van der Waals surface area contributed by atoms with Crippen molar-refractivity contribution in [3.8, 4) is 0 Å². The van der Waals surface area contributed by atoms with E-state index in [4.69, 9.17) is 25.7 Å². The fourth-order valence-electron chi connectivity index (χ4n) is 3.12. The Hall–Kier alpha value is -0.755. The lowest BCUT2D eigenvalue weighted by molar-refractivity contribution is -0.144. The molecule has 0 aromatic carbocycles. The zero-order chi connectivity index (χ0) is 18.1. The van der Waals surface area contributed by atoms with Crippen LogP contribution in [0.1, 0.15) is 25.7 Å². The van der Waals surface area contributed by atoms with Gasteiger partial charge in [-0.1, -0.05) is 6.42 Å². The number of aliphatic carboxylic acids is 1. The molecule has 0 unspecified atom stereocenters. The Morgan fingerprint density at radius 1 is 1.38 bits per heavy atom. The molecular formula is C12H24BN3O7S. The first-order valence-corrected chi connectivity index (χ1v) is 9.23. The summed E-state index contributed by atoms with van der Waals surface area (Å²) in [6, 6.07) is -0.0749. The van der Waals surface area contributed by atoms with Gasteiger partial charge in [0, 0.05) is 25.0 Å². The Labute approximate surface area is 141 Å². The molecule has 0 bridgehead atoms. The third-order valence-corrected chi connectivity index (χ3v) is 6.13. The van der Waals surface area contributed by atoms with Gasteiger partial charge in [0.05, 0.1) is 6.10 Å². The monoisotopic (exact) mass is 365 g/mol. The molecule has 138 valence electrons. The lowest BCUT2D eigenvalue weighted by atomic mass is 9.78. The third-order valence-electron chi connectivity index (χ3n) is 4.71. The predicted molar refractivity (Wildman–Crippen MR) is 84.9 cm³/mol. The Morgan fingerprint density at radius 3 is 2.50 bits per heavy atom. The second-order valence-electron chi connectivity index (χ2n) is 6.65. The minimum absolute atomic E-state index is 0.0649. The first-order chi connectivity index (χ1) is 11.0. The minimum Gasteiger partial charge on any atom is -0.480 e. The van der Waals surface area contributed by atoms with Crippen molar-refractivity contribution in [3.63, 3.8) is 0 Å². The second kappa shape index (κ2) is 7.24. The van der Waals surface area contributed by atoms with Gasteiger partial charge in [0.2, 0.25) is 0 Å². The smallest absolute Gasteiger partial charge is 0.451 e. The molecule has 2 atom stereocenters. The maximum absolute atomic E-state index is 12.3. The third kappa shape index (κ3) is 4.25. The van der Waals surface area contributed by atoms with Gasteiger partial charge in [0.15, 0.2) is 0 Å². The summed E-state index contributed by atoms with van der Waals surface area (Å²) in [6.07, 6.45) is 1.05. The number of carboxylic acid groups (broad SMARTS) is 1. The number of rotatable bonds is 8. The van der Waals surface area contributed by atoms with Crippen LogP contribution in [0.2, 0.25) is 6.32 Å². The van der Waals surface area contributed by atoms with E-state index in [9.17, 15) is 18.3 Å². The van der Waals surface area contributed by atoms with Crippen molar-refractivity contribution < 1.29 is 32.5 Å². The van der Waals surface area contributed by atoms with E-state index in [-0.39, 0.29) is 31.9 Å². The molecule has 7 N–H and O–H groups in total. The topological polar surface area (TPSA) is 176 Å². The molecule has 1 aliphatic carbocycles. The summed E-state index contributed by atoms with van der Waals surface area (Å²) in [5, 5.41) is 27.2. The van der Waals surface area contributed by atoms with Crippen molar-refractivity contribution in [1.29, 1.82) is 0 Å². The number of hydrogen-bond donors (Lipinski definition) is 5. The Morgan fingerprint density at radius 2 is 2.00 bits per heavy atom. The van der Waals surface area contributed by atoms with Crippen LogP contribution in [0, 0.1) is 5.92 Å². The Bertz CT molecular complexity index is 569. The largest absolute Gasteiger partial charge is 0.480 e. The number of hydrogen-bond acceptors (Lipinski definition) is 8. The normalized spacial score (nSPS) is 34.1. The molecule has 1 heterocycles. The zero-order valence-corrected chi connectivity index (χ0v) is 14.1. The molecule has 0 radical (unpaired) electrons. The summed E-state index contributed by atoms with van der Waals surface area (Å²) in [7, 11) is -5.58. The fraction of sp³-hybridized carbons (Fsp3) is 0.917. The van der Waals surface area contributed by atoms with Gasteiger partial charge in [0.25, 0.3) is 0 Å². The van der Waals surface area contributed by atoms with Crippen molar-refractivity contribution in [1.82, 2.24) is 4.31 Å². The average molecular weight is 365 g/mol. The molecule has 2 aliphatic rings. The molecule has 1 saturated heterocycles. The molecular weight excluding hydrogens is 341 g/mol. The van der Waals surface area contributed by atoms with Crippen LogP contribution in [0.25, 0.3) is 0 Å². The highest BCUT2D eigenvalue weighted by molar-refractivity contribution is 7.84. The SMILES string of the molecule is NC1CC(OS(=O)(=O)N2C[C@H](CCCB(O)O)[C@](N)(C(=O)O)C2)C1. The highest BCUT2D eigenvalue weighted by atomic mass is 32.2. The van der Waals surface area contributed by atoms with Crippen molar-refractivity contribution in [3.05, 3.63) is 0 Å². The van der Waals surface area contributed by atoms with E-state index in [2.05, 4.69) is 0 Å². The lowest BCUT2D eigenvalue weighted by Gasteiger charge is -2.32. The molecule has 12 heteroatoms. The van der Waals surface area contributed by atoms with Gasteiger partial charge in [-0.15, -0.1) is 0 Å². The summed E-state index contributed by atoms with van der Waals surface area (Å²) in [5.74, 6) is -1.93. The zero-order valence-electron chi connectivity index (χ0n) is 13.2. The van der Waals surface area contributed by atoms with Crippen LogP contribution in [0.15, 0.2) is 0 Å². The van der Waals surface area contributed by atoms with E-state index in [1.807, 2.05) is 0 Å². The summed E-state index contributed by atoms with van der Waals surface area (Å²) < 4.78 is 30.7. The molecule has 2 fully saturated rings. The number of carbonyl (C=O) groups is 1. The van der Waals surface area contributed by atoms with Crippen LogP contribution in [-0.4, -0.2) is 71.7 Å². The van der Waals surface area contributed by atoms with Gasteiger partial charge in [-0.2, -0.15) is 12.7 Å². The van der Waals surface area contributed by atoms with Gasteiger partial charge in [0.1, 0.15) is 5.54 Å². The Kier molecular flexibility index (Phi) is 5.90. The summed E-state index contributed by atoms with van der Waals surface area (Å²) in [4.78, 5) is 11.5. The van der Waals surface area contributed by atoms with E-state index in [1.165, 1.54) is 0 Å². The lowest BCUT2D eigenvalue weighted by Crippen LogP contribution is -2.55. The fourth-order valence-corrected chi connectivity index (χ4v) is 4.48. The van der Waals surface area contributed by atoms with E-state index in [1.54, 1.807) is 0 Å². The quantitative estimate of drug-likeness (QED) is 0.296. The van der Waals surface area contributed by atoms with Crippen LogP contribution >= 0.6 is 0 Å². The summed E-state index contributed by atoms with van der Waals surface area (Å²) in [5.41, 5.74) is 9.81. The average Bonchev–Trinajstić information content (AvgIpc) is 2.76. The van der Waals surface area contributed by atoms with Crippen molar-refractivity contribution in [2.75, 3.05) is 13.1 Å². The van der Waals surface area contributed by atoms with Gasteiger partial charge >= 0.3 is 23.4 Å². The van der Waals surface area contributed by atoms with E-state index >= 15 is 0 Å². The van der Waals surface area contributed by atoms with Gasteiger partial charge < -0.3 is 26.6 Å². The minimum atomic E-state index is -4.09. The molecule has 0 aromatic heterocycles. The van der Waals surface area contributed by atoms with Crippen LogP contribution in [0.4, 0.5) is 0 Å². The predicted octanol–water partition coefficient (Wildman–Crippen LogP) is -2.30. The molecule has 0 amide bonds. The highest BCUT2D eigenvalue weighted by Crippen LogP contribution is 2.34. The maximum Gasteiger partial charge on any atom is 0.451 e. The van der Waals surface area contributed by atoms with E-state index in [0.29, 0.717) is 19.3 Å². The molecule has 1 saturated carbocycles. The van der Waals surface area contributed by atoms with Crippen LogP contribution < -0.4 is 11.5 Å². The first kappa shape index (κ1) is 19.6. The Balaban J connectivity index is 2.03. The standard InChI is InChI=1S/C12H24BN3O7S/c14-9-4-10(5-9)23-24(21,22)16-6-8(2-1-3-13(19)20)12(15,7-16)11(17)18/h8-10,19-20H,1-7,14-15H2,(H,17,18)/t8-,9?,10?,12-/m0/s1. The van der Waals surface area contributed by atoms with Crippen molar-refractivity contribution >= 4 is 23.4 Å². The molecule has 0 spiro atoms. The van der Waals surface area contributed by atoms with E-state index in [0.717, 1.165) is 4.31 Å². The molecule has 2 rings (SSSR count). The van der Waals surface area contributed by atoms with Crippen molar-refractivity contribution in [2.45, 2.75) is 49.7 Å². The summed E-state index contributed by atoms with van der Waals surface area (Å²) in [6.45, 7) is -0.457. The van der Waals surface area contributed by atoms with E-state index < -0.39 is 41.0 Å². The number of carboxylic acids is 1. The van der Waals surface area contributed by atoms with Gasteiger partial charge in [-0.3, -0.25) is 8.98 Å². The first-order valence-electron chi connectivity index (χ1n) is 7.87. The maximum atomic E-state index is 12.3. The number of nitrogens with two attached hydrogens (primary N) is 2. The van der Waals surface area contributed by atoms with Crippen LogP contribution in [-0.2, 0) is 19.3 Å². The van der Waals surface area contributed by atoms with Gasteiger partial charge in [-0.25, -0.2) is 0 Å². The molecule has 10 nitrogen and oxygen atoms in total. The molecule has 24 heavy (non-hydrogen) atoms. The van der Waals surface area contributed by atoms with Crippen LogP contribution in [0.3, 0.4) is 0 Å². The summed E-state index contributed by atoms with van der Waals surface area (Å²) >= 11 is 0. The van der Waals surface area contributed by atoms with Crippen LogP contribution in [0.5, 0.6) is 0 Å². The highest BCUT2D eigenvalue weighted by Gasteiger charge is 2.53.